The van der Waals surface area contributed by atoms with E-state index in [0.29, 0.717) is 23.6 Å². The van der Waals surface area contributed by atoms with Crippen LogP contribution in [0.15, 0.2) is 35.9 Å². The average molecular weight is 750 g/mol. The monoisotopic (exact) mass is 749 g/mol. The summed E-state index contributed by atoms with van der Waals surface area (Å²) in [5, 5.41) is 14.2. The molecule has 0 aromatic heterocycles. The molecule has 2 saturated heterocycles. The van der Waals surface area contributed by atoms with E-state index in [2.05, 4.69) is 5.32 Å². The van der Waals surface area contributed by atoms with Gasteiger partial charge in [-0.3, -0.25) is 14.9 Å². The Morgan fingerprint density at radius 1 is 1.22 bits per heavy atom. The average Bonchev–Trinajstić information content (AvgIpc) is 3.73. The molecule has 2 N–H and O–H groups in total. The molecule has 0 aliphatic carbocycles. The van der Waals surface area contributed by atoms with Gasteiger partial charge in [-0.25, -0.2) is 21.2 Å². The Bertz CT molecular complexity index is 1510. The minimum atomic E-state index is -1.71. The molecule has 2 fully saturated rings. The van der Waals surface area contributed by atoms with Crippen molar-refractivity contribution in [3.63, 3.8) is 0 Å². The van der Waals surface area contributed by atoms with Gasteiger partial charge in [0, 0.05) is 40.0 Å². The summed E-state index contributed by atoms with van der Waals surface area (Å²) in [4.78, 5) is 52.9. The molecule has 2 heterocycles. The summed E-state index contributed by atoms with van der Waals surface area (Å²) in [6, 6.07) is 2.59. The summed E-state index contributed by atoms with van der Waals surface area (Å²) in [5.41, 5.74) is 0.000432. The zero-order valence-corrected chi connectivity index (χ0v) is 32.3. The third kappa shape index (κ3) is 10.9. The lowest BCUT2D eigenvalue weighted by atomic mass is 9.86. The van der Waals surface area contributed by atoms with Crippen LogP contribution in [0.5, 0.6) is 5.75 Å². The van der Waals surface area contributed by atoms with Crippen LogP contribution in [0.4, 0.5) is 10.5 Å². The van der Waals surface area contributed by atoms with E-state index in [1.54, 1.807) is 24.3 Å². The number of benzene rings is 1. The maximum absolute atomic E-state index is 13.1. The van der Waals surface area contributed by atoms with Crippen molar-refractivity contribution in [1.29, 1.82) is 0 Å². The van der Waals surface area contributed by atoms with Gasteiger partial charge in [-0.15, -0.1) is 0 Å². The van der Waals surface area contributed by atoms with Gasteiger partial charge in [0.2, 0.25) is 5.91 Å². The summed E-state index contributed by atoms with van der Waals surface area (Å²) in [6.45, 7) is 8.72. The van der Waals surface area contributed by atoms with Crippen LogP contribution in [-0.4, -0.2) is 117 Å². The molecule has 0 bridgehead atoms. The van der Waals surface area contributed by atoms with Crippen LogP contribution < -0.4 is 15.0 Å². The minimum absolute atomic E-state index is 0.0903. The summed E-state index contributed by atoms with van der Waals surface area (Å²) >= 11 is 7.63. The number of epoxide rings is 1. The second kappa shape index (κ2) is 18.0. The molecular formula is C35H49BClN3O10S. The Kier molecular flexibility index (Phi) is 14.9. The van der Waals surface area contributed by atoms with Gasteiger partial charge < -0.3 is 38.6 Å². The number of anilines is 1. The van der Waals surface area contributed by atoms with Gasteiger partial charge in [0.05, 0.1) is 24.5 Å². The number of halogens is 1. The topological polar surface area (TPSA) is 156 Å². The van der Waals surface area contributed by atoms with Crippen LogP contribution in [0.1, 0.15) is 53.0 Å². The molecule has 3 amide bonds. The van der Waals surface area contributed by atoms with E-state index in [4.69, 9.17) is 42.4 Å². The fraction of sp³-hybridized carbons (Fsp3) is 0.600. The van der Waals surface area contributed by atoms with Crippen LogP contribution in [0, 0.1) is 5.92 Å². The summed E-state index contributed by atoms with van der Waals surface area (Å²) in [7, 11) is 11.3. The normalized spacial score (nSPS) is 23.0. The highest BCUT2D eigenvalue weighted by Gasteiger charge is 2.56. The molecule has 6 atom stereocenters. The Labute approximate surface area is 310 Å². The Hall–Kier alpha value is -3.24. The zero-order valence-electron chi connectivity index (χ0n) is 30.7. The third-order valence-electron chi connectivity index (χ3n) is 9.21. The Morgan fingerprint density at radius 3 is 2.47 bits per heavy atom. The predicted octanol–water partition coefficient (Wildman–Crippen LogP) is 3.97. The number of hydrogen-bond donors (Lipinski definition) is 2. The summed E-state index contributed by atoms with van der Waals surface area (Å²) in [5.74, 6) is -0.928. The zero-order chi connectivity index (χ0) is 38.3. The van der Waals surface area contributed by atoms with Crippen LogP contribution in [-0.2, 0) is 39.8 Å². The fourth-order valence-corrected chi connectivity index (χ4v) is 6.51. The number of rotatable bonds is 17. The number of allylic oxidation sites excluding steroid dienone is 3. The maximum Gasteiger partial charge on any atom is 0.409 e. The molecule has 1 aromatic carbocycles. The van der Waals surface area contributed by atoms with Gasteiger partial charge in [-0.05, 0) is 57.6 Å². The van der Waals surface area contributed by atoms with Crippen molar-refractivity contribution in [1.82, 2.24) is 10.2 Å². The van der Waals surface area contributed by atoms with Gasteiger partial charge in [-0.1, -0.05) is 42.3 Å². The second-order valence-electron chi connectivity index (χ2n) is 13.4. The van der Waals surface area contributed by atoms with Gasteiger partial charge in [0.25, 0.3) is 5.91 Å². The molecule has 2 radical (unpaired) electrons. The van der Waals surface area contributed by atoms with Crippen molar-refractivity contribution in [3.8, 4) is 5.75 Å². The molecule has 2 aliphatic rings. The van der Waals surface area contributed by atoms with E-state index in [0.717, 1.165) is 22.7 Å². The number of carbonyl (C=O) groups excluding carboxylic acids is 4. The first-order chi connectivity index (χ1) is 23.9. The molecule has 13 nitrogen and oxygen atoms in total. The lowest BCUT2D eigenvalue weighted by Crippen LogP contribution is -2.63. The molecule has 2 aliphatic heterocycles. The second-order valence-corrected chi connectivity index (χ2v) is 14.5. The van der Waals surface area contributed by atoms with Crippen LogP contribution in [0.25, 0.3) is 0 Å². The van der Waals surface area contributed by atoms with Crippen molar-refractivity contribution in [2.45, 2.75) is 89.6 Å². The van der Waals surface area contributed by atoms with E-state index in [1.807, 2.05) is 33.8 Å². The minimum Gasteiger partial charge on any atom is -0.495 e. The van der Waals surface area contributed by atoms with Gasteiger partial charge in [0.15, 0.2) is 19.5 Å². The predicted molar refractivity (Wildman–Crippen MR) is 196 cm³/mol. The third-order valence-corrected chi connectivity index (χ3v) is 10.0. The highest BCUT2D eigenvalue weighted by atomic mass is 35.5. The van der Waals surface area contributed by atoms with E-state index >= 15 is 0 Å². The standard InChI is InChI=1S/C35H49BClN3O10S/c1-20(11-10-12-27(47-9)35(45)18-26(49-33(44)38-35)21(2)31-34(4,5)50-31)15-23-16-24(30(37)25(17-23)46-8)40(7)29(42)19-48-32(43)22(3)39(6)28(41)13-14-51-36/h10-12,16-17,21-22,26-27,31,45H,13-15,18-19H2,1-9H3,(H,38,44)/b12-10+,20-11+. The fourth-order valence-electron chi connectivity index (χ4n) is 5.90. The molecule has 51 heavy (non-hydrogen) atoms. The van der Waals surface area contributed by atoms with Crippen molar-refractivity contribution < 1.29 is 48.0 Å². The molecule has 1 aromatic rings. The summed E-state index contributed by atoms with van der Waals surface area (Å²) < 4.78 is 27.6. The highest BCUT2D eigenvalue weighted by Crippen LogP contribution is 2.44. The first-order valence-electron chi connectivity index (χ1n) is 16.5. The van der Waals surface area contributed by atoms with Crippen LogP contribution in [0.2, 0.25) is 5.02 Å². The highest BCUT2D eigenvalue weighted by molar-refractivity contribution is 8.19. The van der Waals surface area contributed by atoms with Crippen molar-refractivity contribution in [2.75, 3.05) is 45.6 Å². The number of esters is 1. The van der Waals surface area contributed by atoms with Gasteiger partial charge in [-0.2, -0.15) is 0 Å². The molecule has 0 spiro atoms. The first kappa shape index (κ1) is 42.2. The Balaban J connectivity index is 1.68. The number of cyclic esters (lactones) is 1. The number of nitrogens with one attached hydrogen (secondary N) is 1. The number of carbonyl (C=O) groups is 4. The van der Waals surface area contributed by atoms with E-state index in [-0.39, 0.29) is 41.4 Å². The van der Waals surface area contributed by atoms with Crippen LogP contribution >= 0.6 is 23.2 Å². The van der Waals surface area contributed by atoms with Crippen molar-refractivity contribution >= 4 is 59.9 Å². The van der Waals surface area contributed by atoms with E-state index in [9.17, 15) is 24.3 Å². The molecule has 6 unspecified atom stereocenters. The summed E-state index contributed by atoms with van der Waals surface area (Å²) in [6.07, 6.45) is 3.65. The molecule has 0 saturated carbocycles. The number of amides is 3. The number of alkyl carbamates (subject to hydrolysis) is 1. The number of ether oxygens (including phenoxy) is 5. The molecular weight excluding hydrogens is 701 g/mol. The molecule has 3 rings (SSSR count). The largest absolute Gasteiger partial charge is 0.495 e. The van der Waals surface area contributed by atoms with E-state index < -0.39 is 48.6 Å². The maximum atomic E-state index is 13.1. The Morgan fingerprint density at radius 2 is 1.88 bits per heavy atom. The quantitative estimate of drug-likeness (QED) is 0.103. The van der Waals surface area contributed by atoms with E-state index in [1.165, 1.54) is 45.0 Å². The molecule has 280 valence electrons. The lowest BCUT2D eigenvalue weighted by Gasteiger charge is -2.42. The number of methoxy groups -OCH3 is 2. The van der Waals surface area contributed by atoms with Crippen LogP contribution in [0.3, 0.4) is 0 Å². The number of aliphatic hydroxyl groups is 1. The van der Waals surface area contributed by atoms with Gasteiger partial charge >= 0.3 is 12.1 Å². The number of hydrogen-bond acceptors (Lipinski definition) is 11. The van der Waals surface area contributed by atoms with Crippen molar-refractivity contribution in [2.24, 2.45) is 5.92 Å². The SMILES string of the molecule is [B]SCCC(=O)N(C)C(C)C(=O)OCC(=O)N(C)c1cc(C/C(C)=C/C=C/C(OC)C2(O)CC(C(C)C3OC3(C)C)OC(=O)N2)cc(OC)c1Cl. The first-order valence-corrected chi connectivity index (χ1v) is 17.9. The molecule has 16 heteroatoms. The number of nitrogens with zero attached hydrogens (tertiary/aromatic N) is 2. The smallest absolute Gasteiger partial charge is 0.409 e. The number of likely N-dealkylation sites (N-methyl/N-ethyl adjacent to an activating group) is 2. The lowest BCUT2D eigenvalue weighted by molar-refractivity contribution is -0.155. The van der Waals surface area contributed by atoms with Crippen molar-refractivity contribution in [3.05, 3.63) is 46.5 Å². The van der Waals surface area contributed by atoms with Gasteiger partial charge in [0.1, 0.15) is 29.0 Å².